The van der Waals surface area contributed by atoms with Crippen LogP contribution in [0.2, 0.25) is 0 Å². The smallest absolute Gasteiger partial charge is 0.326 e. The first-order chi connectivity index (χ1) is 40.9. The number of carboxylic acids is 3. The van der Waals surface area contributed by atoms with Crippen LogP contribution >= 0.6 is 0 Å². The molecule has 31 nitrogen and oxygen atoms in total. The van der Waals surface area contributed by atoms with E-state index in [1.54, 1.807) is 13.8 Å². The Morgan fingerprint density at radius 3 is 1.24 bits per heavy atom. The van der Waals surface area contributed by atoms with Crippen molar-refractivity contribution in [3.05, 3.63) is 29.8 Å². The van der Waals surface area contributed by atoms with Gasteiger partial charge in [-0.15, -0.1) is 0 Å². The van der Waals surface area contributed by atoms with Gasteiger partial charge >= 0.3 is 17.9 Å². The number of phenols is 1. The highest BCUT2D eigenvalue weighted by Gasteiger charge is 2.36. The molecule has 0 aliphatic carbocycles. The fourth-order valence-electron chi connectivity index (χ4n) is 8.65. The Balaban J connectivity index is 3.51. The Labute approximate surface area is 506 Å². The highest BCUT2D eigenvalue weighted by Crippen LogP contribution is 2.15. The summed E-state index contributed by atoms with van der Waals surface area (Å²) in [4.78, 5) is 172. The molecule has 1 rings (SSSR count). The van der Waals surface area contributed by atoms with Gasteiger partial charge in [-0.05, 0) is 140 Å². The van der Waals surface area contributed by atoms with E-state index in [1.807, 2.05) is 0 Å². The first-order valence-electron chi connectivity index (χ1n) is 29.3. The maximum absolute atomic E-state index is 14.2. The molecule has 0 spiro atoms. The van der Waals surface area contributed by atoms with Gasteiger partial charge in [-0.25, -0.2) is 4.79 Å². The van der Waals surface area contributed by atoms with Crippen LogP contribution < -0.4 is 76.5 Å². The van der Waals surface area contributed by atoms with Crippen LogP contribution in [0.3, 0.4) is 0 Å². The molecule has 0 fully saturated rings. The second kappa shape index (κ2) is 41.1. The number of carboxylic acid groups (broad SMARTS) is 3. The van der Waals surface area contributed by atoms with Crippen molar-refractivity contribution in [2.45, 2.75) is 204 Å². The molecule has 0 radical (unpaired) electrons. The van der Waals surface area contributed by atoms with Gasteiger partial charge in [-0.3, -0.25) is 57.5 Å². The molecule has 1 aromatic carbocycles. The highest BCUT2D eigenvalue weighted by molar-refractivity contribution is 5.99. The van der Waals surface area contributed by atoms with Crippen LogP contribution in [0.4, 0.5) is 0 Å². The van der Waals surface area contributed by atoms with Crippen molar-refractivity contribution in [3.63, 3.8) is 0 Å². The fourth-order valence-corrected chi connectivity index (χ4v) is 8.65. The molecule has 0 unspecified atom stereocenters. The van der Waals surface area contributed by atoms with Gasteiger partial charge in [0.15, 0.2) is 0 Å². The van der Waals surface area contributed by atoms with Crippen LogP contribution in [0.15, 0.2) is 24.3 Å². The minimum Gasteiger partial charge on any atom is -0.508 e. The quantitative estimate of drug-likeness (QED) is 0.0286. The SMILES string of the molecule is CC(C)C[C@H](NC(=O)[C@@H](N)CCC(N)=O)C(=O)N[C@@H](CCCCN)C(=O)N[C@@H](C)C(=O)N[C@@H](CCC(=O)O)C(=O)N[C@H](C(=O)N[C@@H](CCC(=O)O)C(=O)N[C@@H](CCCCN)C(=O)N[C@@H](Cc1ccc(O)cc1)C(=O)N[C@@H](CCCCN)C(=O)O)C(C)C. The summed E-state index contributed by atoms with van der Waals surface area (Å²) in [6, 6.07) is -8.74. The zero-order valence-corrected chi connectivity index (χ0v) is 50.4. The van der Waals surface area contributed by atoms with Crippen LogP contribution in [0.25, 0.3) is 0 Å². The number of aromatic hydroxyl groups is 1. The number of hydrogen-bond acceptors (Lipinski definition) is 18. The molecule has 10 amide bonds. The van der Waals surface area contributed by atoms with E-state index in [4.69, 9.17) is 28.7 Å². The van der Waals surface area contributed by atoms with E-state index in [-0.39, 0.29) is 82.7 Å². The number of amides is 10. The topological polar surface area (TPSA) is 541 Å². The fraction of sp³-hybridized carbons (Fsp3) is 0.661. The second-order valence-corrected chi connectivity index (χ2v) is 22.1. The summed E-state index contributed by atoms with van der Waals surface area (Å²) in [5.41, 5.74) is 28.5. The largest absolute Gasteiger partial charge is 0.508 e. The van der Waals surface area contributed by atoms with Crippen molar-refractivity contribution in [2.24, 2.45) is 40.5 Å². The van der Waals surface area contributed by atoms with Crippen LogP contribution in [0, 0.1) is 11.8 Å². The Hall–Kier alpha value is -8.03. The average molecular weight is 1240 g/mol. The maximum Gasteiger partial charge on any atom is 0.326 e. The zero-order chi connectivity index (χ0) is 65.9. The maximum atomic E-state index is 14.2. The second-order valence-electron chi connectivity index (χ2n) is 22.1. The summed E-state index contributed by atoms with van der Waals surface area (Å²) < 4.78 is 0. The number of nitrogens with two attached hydrogens (primary N) is 5. The number of primary amides is 1. The molecule has 0 bridgehead atoms. The van der Waals surface area contributed by atoms with E-state index in [1.165, 1.54) is 45.0 Å². The number of carbonyl (C=O) groups is 13. The third-order valence-electron chi connectivity index (χ3n) is 13.7. The lowest BCUT2D eigenvalue weighted by molar-refractivity contribution is -0.142. The lowest BCUT2D eigenvalue weighted by Crippen LogP contribution is -2.61. The van der Waals surface area contributed by atoms with Crippen molar-refractivity contribution in [3.8, 4) is 5.75 Å². The number of nitrogens with one attached hydrogen (secondary N) is 9. The van der Waals surface area contributed by atoms with Gasteiger partial charge in [0.1, 0.15) is 60.1 Å². The molecule has 490 valence electrons. The van der Waals surface area contributed by atoms with E-state index in [2.05, 4.69) is 47.9 Å². The van der Waals surface area contributed by atoms with Crippen LogP contribution in [-0.4, -0.2) is 177 Å². The Morgan fingerprint density at radius 2 is 0.805 bits per heavy atom. The summed E-state index contributed by atoms with van der Waals surface area (Å²) in [6.45, 7) is 8.47. The predicted octanol–water partition coefficient (Wildman–Crippen LogP) is -3.19. The molecule has 0 aliphatic rings. The first-order valence-corrected chi connectivity index (χ1v) is 29.3. The summed E-state index contributed by atoms with van der Waals surface area (Å²) in [5, 5.41) is 61.5. The van der Waals surface area contributed by atoms with Crippen LogP contribution in [0.5, 0.6) is 5.75 Å². The summed E-state index contributed by atoms with van der Waals surface area (Å²) in [5.74, 6) is -14.3. The van der Waals surface area contributed by atoms with Crippen molar-refractivity contribution in [2.75, 3.05) is 19.6 Å². The summed E-state index contributed by atoms with van der Waals surface area (Å²) in [7, 11) is 0. The van der Waals surface area contributed by atoms with Crippen LogP contribution in [0.1, 0.15) is 143 Å². The Morgan fingerprint density at radius 1 is 0.425 bits per heavy atom. The molecule has 0 saturated carbocycles. The minimum absolute atomic E-state index is 0.0124. The summed E-state index contributed by atoms with van der Waals surface area (Å²) >= 11 is 0. The molecule has 0 aliphatic heterocycles. The Bertz CT molecular complexity index is 2450. The number of benzene rings is 1. The number of carbonyl (C=O) groups excluding carboxylic acids is 10. The number of unbranched alkanes of at least 4 members (excludes halogenated alkanes) is 3. The van der Waals surface area contributed by atoms with Gasteiger partial charge in [0.2, 0.25) is 59.1 Å². The average Bonchev–Trinajstić information content (AvgIpc) is 3.50. The summed E-state index contributed by atoms with van der Waals surface area (Å²) in [6.07, 6.45) is -0.758. The number of phenolic OH excluding ortho intramolecular Hbond substituents is 1. The van der Waals surface area contributed by atoms with E-state index in [9.17, 15) is 82.8 Å². The minimum atomic E-state index is -1.70. The zero-order valence-electron chi connectivity index (χ0n) is 50.4. The molecule has 23 N–H and O–H groups in total. The first kappa shape index (κ1) is 77.0. The predicted molar refractivity (Wildman–Crippen MR) is 316 cm³/mol. The lowest BCUT2D eigenvalue weighted by atomic mass is 10.00. The third-order valence-corrected chi connectivity index (χ3v) is 13.7. The third kappa shape index (κ3) is 31.3. The standard InChI is InChI=1S/C56H94N14O17/c1-30(2)28-41(68-48(78)35(60)19-22-43(61)72)53(83)65-36(12-6-9-25-57)49(79)62-32(5)47(77)63-39(21-24-45(75)76)52(82)70-46(31(3)4)55(85)66-38(20-23-44(73)74)51(81)64-37(13-7-10-26-58)50(80)69-42(29-33-15-17-34(71)18-16-33)54(84)67-40(56(86)87)14-8-11-27-59/h15-18,30-32,35-42,46,71H,6-14,19-29,57-60H2,1-5H3,(H2,61,72)(H,62,79)(H,63,77)(H,64,81)(H,65,83)(H,66,85)(H,67,84)(H,68,78)(H,69,80)(H,70,82)(H,73,74)(H,75,76)(H,86,87)/t32-,35-,36-,37-,38-,39-,40-,41-,42-,46-/m0/s1. The van der Waals surface area contributed by atoms with E-state index >= 15 is 0 Å². The molecule has 0 saturated heterocycles. The normalized spacial score (nSPS) is 14.6. The van der Waals surface area contributed by atoms with Gasteiger partial charge in [-0.2, -0.15) is 0 Å². The Kier molecular flexibility index (Phi) is 36.4. The van der Waals surface area contributed by atoms with Crippen LogP contribution in [-0.2, 0) is 68.7 Å². The van der Waals surface area contributed by atoms with Crippen molar-refractivity contribution in [1.29, 1.82) is 0 Å². The molecule has 0 aromatic heterocycles. The molecule has 1 aromatic rings. The number of rotatable bonds is 45. The molecule has 87 heavy (non-hydrogen) atoms. The molecule has 0 heterocycles. The van der Waals surface area contributed by atoms with Gasteiger partial charge in [0.25, 0.3) is 0 Å². The number of aliphatic carboxylic acids is 3. The van der Waals surface area contributed by atoms with Gasteiger partial charge in [-0.1, -0.05) is 39.8 Å². The van der Waals surface area contributed by atoms with Crippen molar-refractivity contribution < 1.29 is 82.8 Å². The number of hydrogen-bond donors (Lipinski definition) is 18. The molecule has 31 heteroatoms. The molecular weight excluding hydrogens is 1140 g/mol. The van der Waals surface area contributed by atoms with Crippen molar-refractivity contribution >= 4 is 77.0 Å². The highest BCUT2D eigenvalue weighted by atomic mass is 16.4. The van der Waals surface area contributed by atoms with Gasteiger partial charge in [0, 0.05) is 25.7 Å². The van der Waals surface area contributed by atoms with Gasteiger partial charge < -0.3 is 96.9 Å². The van der Waals surface area contributed by atoms with Crippen molar-refractivity contribution in [1.82, 2.24) is 47.9 Å². The molecule has 10 atom stereocenters. The van der Waals surface area contributed by atoms with E-state index in [0.717, 1.165) is 0 Å². The van der Waals surface area contributed by atoms with E-state index < -0.39 is 169 Å². The van der Waals surface area contributed by atoms with Gasteiger partial charge in [0.05, 0.1) is 6.04 Å². The lowest BCUT2D eigenvalue weighted by Gasteiger charge is -2.29. The molecular formula is C56H94N14O17. The van der Waals surface area contributed by atoms with E-state index in [0.29, 0.717) is 37.7 Å². The monoisotopic (exact) mass is 1230 g/mol.